The van der Waals surface area contributed by atoms with Crippen molar-refractivity contribution < 1.29 is 0 Å². The van der Waals surface area contributed by atoms with Crippen molar-refractivity contribution in [2.75, 3.05) is 0 Å². The third kappa shape index (κ3) is 3.76. The minimum absolute atomic E-state index is 0.356. The molecule has 0 saturated heterocycles. The molecule has 19 heavy (non-hydrogen) atoms. The van der Waals surface area contributed by atoms with Crippen LogP contribution in [-0.2, 0) is 0 Å². The third-order valence-electron chi connectivity index (χ3n) is 4.89. The van der Waals surface area contributed by atoms with E-state index in [1.807, 2.05) is 11.8 Å². The van der Waals surface area contributed by atoms with E-state index < -0.39 is 0 Å². The Hall–Kier alpha value is -0.470. The van der Waals surface area contributed by atoms with E-state index in [9.17, 15) is 0 Å². The van der Waals surface area contributed by atoms with Crippen LogP contribution in [0.5, 0.6) is 0 Å². The van der Waals surface area contributed by atoms with Gasteiger partial charge in [-0.3, -0.25) is 0 Å². The second-order valence-corrected chi connectivity index (χ2v) is 7.80. The van der Waals surface area contributed by atoms with Crippen LogP contribution in [0.2, 0.25) is 0 Å². The number of hydrogen-bond donors (Lipinski definition) is 1. The summed E-state index contributed by atoms with van der Waals surface area (Å²) in [6.45, 7) is 7.14. The van der Waals surface area contributed by atoms with E-state index >= 15 is 0 Å². The molecule has 0 bridgehead atoms. The van der Waals surface area contributed by atoms with Crippen LogP contribution in [0.25, 0.3) is 0 Å². The Bertz CT molecular complexity index is 388. The molecule has 0 aromatic heterocycles. The van der Waals surface area contributed by atoms with E-state index in [4.69, 9.17) is 5.73 Å². The molecule has 0 aliphatic heterocycles. The second-order valence-electron chi connectivity index (χ2n) is 6.49. The zero-order valence-electron chi connectivity index (χ0n) is 12.4. The monoisotopic (exact) mass is 277 g/mol. The summed E-state index contributed by atoms with van der Waals surface area (Å²) >= 11 is 1.98. The van der Waals surface area contributed by atoms with Crippen LogP contribution in [-0.4, -0.2) is 11.3 Å². The van der Waals surface area contributed by atoms with Gasteiger partial charge in [-0.2, -0.15) is 0 Å². The molecule has 0 amide bonds. The lowest BCUT2D eigenvalue weighted by Gasteiger charge is -2.41. The van der Waals surface area contributed by atoms with Crippen LogP contribution in [0.1, 0.15) is 46.5 Å². The maximum absolute atomic E-state index is 6.35. The SMILES string of the molecule is CCC(C)(C)C1CCC(N)C(Sc2ccccc2)C1. The average molecular weight is 277 g/mol. The van der Waals surface area contributed by atoms with Crippen molar-refractivity contribution in [3.05, 3.63) is 30.3 Å². The molecule has 1 nitrogen and oxygen atoms in total. The third-order valence-corrected chi connectivity index (χ3v) is 6.28. The van der Waals surface area contributed by atoms with E-state index in [1.54, 1.807) is 0 Å². The minimum atomic E-state index is 0.356. The van der Waals surface area contributed by atoms with Gasteiger partial charge in [0.15, 0.2) is 0 Å². The van der Waals surface area contributed by atoms with Gasteiger partial charge in [0, 0.05) is 16.2 Å². The largest absolute Gasteiger partial charge is 0.327 e. The van der Waals surface area contributed by atoms with Gasteiger partial charge in [-0.1, -0.05) is 45.4 Å². The highest BCUT2D eigenvalue weighted by Crippen LogP contribution is 2.44. The van der Waals surface area contributed by atoms with Crippen molar-refractivity contribution in [2.45, 2.75) is 62.6 Å². The van der Waals surface area contributed by atoms with Gasteiger partial charge >= 0.3 is 0 Å². The normalized spacial score (nSPS) is 28.3. The van der Waals surface area contributed by atoms with Crippen LogP contribution in [0.3, 0.4) is 0 Å². The smallest absolute Gasteiger partial charge is 0.0249 e. The Labute approximate surface area is 122 Å². The lowest BCUT2D eigenvalue weighted by atomic mass is 9.69. The van der Waals surface area contributed by atoms with Gasteiger partial charge in [0.05, 0.1) is 0 Å². The first-order valence-corrected chi connectivity index (χ1v) is 8.38. The molecule has 1 fully saturated rings. The zero-order valence-corrected chi connectivity index (χ0v) is 13.2. The van der Waals surface area contributed by atoms with Crippen LogP contribution >= 0.6 is 11.8 Å². The van der Waals surface area contributed by atoms with Crippen molar-refractivity contribution in [1.82, 2.24) is 0 Å². The summed E-state index contributed by atoms with van der Waals surface area (Å²) in [6.07, 6.45) is 5.00. The fourth-order valence-electron chi connectivity index (χ4n) is 2.96. The molecule has 0 spiro atoms. The molecule has 1 saturated carbocycles. The molecule has 106 valence electrons. The zero-order chi connectivity index (χ0) is 13.9. The highest BCUT2D eigenvalue weighted by atomic mass is 32.2. The predicted molar refractivity (Wildman–Crippen MR) is 85.5 cm³/mol. The number of rotatable bonds is 4. The molecule has 2 heteroatoms. The fourth-order valence-corrected chi connectivity index (χ4v) is 4.26. The number of nitrogens with two attached hydrogens (primary N) is 1. The van der Waals surface area contributed by atoms with Gasteiger partial charge in [0.2, 0.25) is 0 Å². The molecule has 1 aliphatic rings. The summed E-state index contributed by atoms with van der Waals surface area (Å²) in [5.41, 5.74) is 6.81. The summed E-state index contributed by atoms with van der Waals surface area (Å²) in [6, 6.07) is 11.1. The standard InChI is InChI=1S/C17H27NS/c1-4-17(2,3)13-10-11-15(18)16(12-13)19-14-8-6-5-7-9-14/h5-9,13,15-16H,4,10-12,18H2,1-3H3. The van der Waals surface area contributed by atoms with Crippen LogP contribution in [0, 0.1) is 11.3 Å². The second kappa shape index (κ2) is 6.32. The average Bonchev–Trinajstić information content (AvgIpc) is 2.42. The van der Waals surface area contributed by atoms with Crippen molar-refractivity contribution in [1.29, 1.82) is 0 Å². The first-order chi connectivity index (χ1) is 9.03. The quantitative estimate of drug-likeness (QED) is 0.862. The van der Waals surface area contributed by atoms with Gasteiger partial charge in [-0.05, 0) is 42.7 Å². The van der Waals surface area contributed by atoms with Crippen molar-refractivity contribution in [3.63, 3.8) is 0 Å². The lowest BCUT2D eigenvalue weighted by Crippen LogP contribution is -2.42. The molecule has 3 atom stereocenters. The molecular weight excluding hydrogens is 250 g/mol. The summed E-state index contributed by atoms with van der Waals surface area (Å²) in [5, 5.41) is 0.576. The van der Waals surface area contributed by atoms with Gasteiger partial charge in [-0.15, -0.1) is 11.8 Å². The Morgan fingerprint density at radius 3 is 2.53 bits per heavy atom. The lowest BCUT2D eigenvalue weighted by molar-refractivity contribution is 0.148. The Morgan fingerprint density at radius 1 is 1.21 bits per heavy atom. The van der Waals surface area contributed by atoms with Gasteiger partial charge in [0.1, 0.15) is 0 Å². The van der Waals surface area contributed by atoms with Crippen molar-refractivity contribution >= 4 is 11.8 Å². The molecule has 1 aliphatic carbocycles. The molecule has 0 radical (unpaired) electrons. The summed E-state index contributed by atoms with van der Waals surface area (Å²) in [7, 11) is 0. The number of thioether (sulfide) groups is 1. The summed E-state index contributed by atoms with van der Waals surface area (Å²) in [5.74, 6) is 0.818. The van der Waals surface area contributed by atoms with E-state index in [0.717, 1.165) is 5.92 Å². The van der Waals surface area contributed by atoms with Crippen LogP contribution < -0.4 is 5.73 Å². The minimum Gasteiger partial charge on any atom is -0.327 e. The first kappa shape index (κ1) is 14.9. The fraction of sp³-hybridized carbons (Fsp3) is 0.647. The van der Waals surface area contributed by atoms with Gasteiger partial charge in [-0.25, -0.2) is 0 Å². The molecule has 1 aromatic rings. The predicted octanol–water partition coefficient (Wildman–Crippen LogP) is 4.71. The Kier molecular flexibility index (Phi) is 4.97. The molecule has 3 unspecified atom stereocenters. The Morgan fingerprint density at radius 2 is 1.89 bits per heavy atom. The summed E-state index contributed by atoms with van der Waals surface area (Å²) in [4.78, 5) is 1.36. The molecule has 0 heterocycles. The van der Waals surface area contributed by atoms with E-state index in [2.05, 4.69) is 51.1 Å². The first-order valence-electron chi connectivity index (χ1n) is 7.50. The molecule has 1 aromatic carbocycles. The number of benzene rings is 1. The molecule has 2 rings (SSSR count). The number of hydrogen-bond acceptors (Lipinski definition) is 2. The highest BCUT2D eigenvalue weighted by Gasteiger charge is 2.36. The topological polar surface area (TPSA) is 26.0 Å². The van der Waals surface area contributed by atoms with Crippen molar-refractivity contribution in [3.8, 4) is 0 Å². The van der Waals surface area contributed by atoms with Crippen LogP contribution in [0.4, 0.5) is 0 Å². The molecular formula is C17H27NS. The highest BCUT2D eigenvalue weighted by molar-refractivity contribution is 8.00. The molecule has 2 N–H and O–H groups in total. The van der Waals surface area contributed by atoms with E-state index in [0.29, 0.717) is 16.7 Å². The van der Waals surface area contributed by atoms with E-state index in [-0.39, 0.29) is 0 Å². The van der Waals surface area contributed by atoms with Crippen LogP contribution in [0.15, 0.2) is 35.2 Å². The van der Waals surface area contributed by atoms with Gasteiger partial charge < -0.3 is 5.73 Å². The summed E-state index contributed by atoms with van der Waals surface area (Å²) < 4.78 is 0. The Balaban J connectivity index is 2.03. The van der Waals surface area contributed by atoms with Gasteiger partial charge in [0.25, 0.3) is 0 Å². The maximum atomic E-state index is 6.35. The maximum Gasteiger partial charge on any atom is 0.0249 e. The van der Waals surface area contributed by atoms with E-state index in [1.165, 1.54) is 30.6 Å². The van der Waals surface area contributed by atoms with Crippen molar-refractivity contribution in [2.24, 2.45) is 17.1 Å².